The molecule has 0 aliphatic heterocycles. The highest BCUT2D eigenvalue weighted by molar-refractivity contribution is 7.80. The maximum Gasteiger partial charge on any atom is 0.257 e. The molecule has 25 heavy (non-hydrogen) atoms. The third-order valence-electron chi connectivity index (χ3n) is 3.07. The fraction of sp³-hybridized carbons (Fsp3) is 0.167. The molecule has 0 saturated carbocycles. The first kappa shape index (κ1) is 18.4. The van der Waals surface area contributed by atoms with E-state index in [9.17, 15) is 14.7 Å². The summed E-state index contributed by atoms with van der Waals surface area (Å²) in [6, 6.07) is 12.6. The van der Waals surface area contributed by atoms with Gasteiger partial charge >= 0.3 is 0 Å². The van der Waals surface area contributed by atoms with Gasteiger partial charge in [-0.15, -0.1) is 0 Å². The highest BCUT2D eigenvalue weighted by Crippen LogP contribution is 2.15. The summed E-state index contributed by atoms with van der Waals surface area (Å²) in [6.07, 6.45) is 0.00466. The van der Waals surface area contributed by atoms with Gasteiger partial charge in [0.05, 0.1) is 12.1 Å². The van der Waals surface area contributed by atoms with Crippen LogP contribution >= 0.6 is 12.2 Å². The molecule has 0 aromatic heterocycles. The number of benzene rings is 2. The van der Waals surface area contributed by atoms with Gasteiger partial charge < -0.3 is 20.0 Å². The van der Waals surface area contributed by atoms with Crippen molar-refractivity contribution in [1.29, 1.82) is 0 Å². The highest BCUT2D eigenvalue weighted by atomic mass is 32.1. The van der Waals surface area contributed by atoms with E-state index in [2.05, 4.69) is 10.6 Å². The standard InChI is InChI=1S/C18H18N2O4S/c1-11(2)24-15-5-3-4-13(10-15)16(21)20-18(25)19-14-8-6-12(7-9-14)17(22)23/h3-11H,1-2H3,(H,22,23)(H2,19,20,21,25)/p-1. The maximum atomic E-state index is 12.2. The Bertz CT molecular complexity index is 788. The van der Waals surface area contributed by atoms with Gasteiger partial charge in [-0.05, 0) is 62.0 Å². The zero-order valence-electron chi connectivity index (χ0n) is 13.7. The molecule has 2 rings (SSSR count). The van der Waals surface area contributed by atoms with Crippen molar-refractivity contribution >= 4 is 34.9 Å². The number of amides is 1. The molecular weight excluding hydrogens is 340 g/mol. The molecule has 0 aliphatic carbocycles. The van der Waals surface area contributed by atoms with Crippen molar-refractivity contribution in [2.24, 2.45) is 0 Å². The number of carboxylic acids is 1. The van der Waals surface area contributed by atoms with Crippen LogP contribution in [0.3, 0.4) is 0 Å². The Labute approximate surface area is 150 Å². The number of carbonyl (C=O) groups is 2. The number of ether oxygens (including phenoxy) is 1. The largest absolute Gasteiger partial charge is 0.545 e. The summed E-state index contributed by atoms with van der Waals surface area (Å²) in [4.78, 5) is 23.0. The first-order valence-electron chi connectivity index (χ1n) is 7.55. The van der Waals surface area contributed by atoms with Gasteiger partial charge in [0, 0.05) is 11.3 Å². The summed E-state index contributed by atoms with van der Waals surface area (Å²) in [6.45, 7) is 3.80. The van der Waals surface area contributed by atoms with E-state index in [1.807, 2.05) is 13.8 Å². The van der Waals surface area contributed by atoms with Crippen LogP contribution in [0.5, 0.6) is 5.75 Å². The lowest BCUT2D eigenvalue weighted by molar-refractivity contribution is -0.255. The van der Waals surface area contributed by atoms with E-state index in [4.69, 9.17) is 17.0 Å². The van der Waals surface area contributed by atoms with Crippen LogP contribution in [0.1, 0.15) is 34.6 Å². The van der Waals surface area contributed by atoms with Gasteiger partial charge in [0.1, 0.15) is 5.75 Å². The molecule has 0 saturated heterocycles. The second-order valence-electron chi connectivity index (χ2n) is 5.47. The van der Waals surface area contributed by atoms with Crippen molar-refractivity contribution in [3.63, 3.8) is 0 Å². The van der Waals surface area contributed by atoms with E-state index in [-0.39, 0.29) is 22.7 Å². The Hall–Kier alpha value is -2.93. The number of nitrogens with one attached hydrogen (secondary N) is 2. The molecule has 6 nitrogen and oxygen atoms in total. The summed E-state index contributed by atoms with van der Waals surface area (Å²) in [5, 5.41) is 16.2. The van der Waals surface area contributed by atoms with Crippen molar-refractivity contribution in [3.05, 3.63) is 59.7 Å². The van der Waals surface area contributed by atoms with Crippen LogP contribution in [0.25, 0.3) is 0 Å². The minimum atomic E-state index is -1.26. The summed E-state index contributed by atoms with van der Waals surface area (Å²) in [5.41, 5.74) is 1.02. The zero-order valence-corrected chi connectivity index (χ0v) is 14.6. The maximum absolute atomic E-state index is 12.2. The topological polar surface area (TPSA) is 90.5 Å². The van der Waals surface area contributed by atoms with Crippen LogP contribution in [0.4, 0.5) is 5.69 Å². The van der Waals surface area contributed by atoms with E-state index in [0.29, 0.717) is 17.0 Å². The van der Waals surface area contributed by atoms with Crippen LogP contribution < -0.4 is 20.5 Å². The van der Waals surface area contributed by atoms with Crippen molar-refractivity contribution < 1.29 is 19.4 Å². The Morgan fingerprint density at radius 3 is 2.36 bits per heavy atom. The average Bonchev–Trinajstić information content (AvgIpc) is 2.54. The lowest BCUT2D eigenvalue weighted by Crippen LogP contribution is -2.34. The molecule has 1 amide bonds. The number of aromatic carboxylic acids is 1. The molecule has 2 aromatic carbocycles. The number of thiocarbonyl (C=S) groups is 1. The molecule has 0 fully saturated rings. The minimum absolute atomic E-state index is 0.00466. The molecular formula is C18H17N2O4S-. The third kappa shape index (κ3) is 5.58. The number of carboxylic acid groups (broad SMARTS) is 1. The number of rotatable bonds is 5. The number of anilines is 1. The minimum Gasteiger partial charge on any atom is -0.545 e. The van der Waals surface area contributed by atoms with Gasteiger partial charge in [0.2, 0.25) is 0 Å². The quantitative estimate of drug-likeness (QED) is 0.795. The lowest BCUT2D eigenvalue weighted by Gasteiger charge is -2.12. The molecule has 0 heterocycles. The molecule has 2 N–H and O–H groups in total. The SMILES string of the molecule is CC(C)Oc1cccc(C(=O)NC(=S)Nc2ccc(C(=O)[O-])cc2)c1. The molecule has 130 valence electrons. The molecule has 7 heteroatoms. The van der Waals surface area contributed by atoms with Crippen LogP contribution in [0.2, 0.25) is 0 Å². The van der Waals surface area contributed by atoms with Crippen LogP contribution in [-0.4, -0.2) is 23.1 Å². The zero-order chi connectivity index (χ0) is 18.4. The molecule has 2 aromatic rings. The van der Waals surface area contributed by atoms with Gasteiger partial charge in [-0.1, -0.05) is 18.2 Å². The van der Waals surface area contributed by atoms with E-state index >= 15 is 0 Å². The van der Waals surface area contributed by atoms with E-state index in [0.717, 1.165) is 0 Å². The van der Waals surface area contributed by atoms with E-state index in [1.165, 1.54) is 24.3 Å². The first-order chi connectivity index (χ1) is 11.8. The van der Waals surface area contributed by atoms with Crippen LogP contribution in [0.15, 0.2) is 48.5 Å². The summed E-state index contributed by atoms with van der Waals surface area (Å²) < 4.78 is 5.55. The van der Waals surface area contributed by atoms with E-state index in [1.54, 1.807) is 24.3 Å². The predicted octanol–water partition coefficient (Wildman–Crippen LogP) is 1.96. The second-order valence-corrected chi connectivity index (χ2v) is 5.88. The number of hydrogen-bond acceptors (Lipinski definition) is 5. The van der Waals surface area contributed by atoms with Crippen LogP contribution in [-0.2, 0) is 0 Å². The van der Waals surface area contributed by atoms with Crippen molar-refractivity contribution in [2.75, 3.05) is 5.32 Å². The fourth-order valence-electron chi connectivity index (χ4n) is 2.01. The third-order valence-corrected chi connectivity index (χ3v) is 3.28. The molecule has 0 unspecified atom stereocenters. The summed E-state index contributed by atoms with van der Waals surface area (Å²) >= 11 is 5.10. The molecule has 0 bridgehead atoms. The Morgan fingerprint density at radius 1 is 1.08 bits per heavy atom. The number of hydrogen-bond donors (Lipinski definition) is 2. The molecule has 0 radical (unpaired) electrons. The Balaban J connectivity index is 1.98. The first-order valence-corrected chi connectivity index (χ1v) is 7.96. The van der Waals surface area contributed by atoms with Crippen molar-refractivity contribution in [3.8, 4) is 5.75 Å². The fourth-order valence-corrected chi connectivity index (χ4v) is 2.22. The molecule has 0 atom stereocenters. The van der Waals surface area contributed by atoms with Gasteiger partial charge in [0.15, 0.2) is 5.11 Å². The normalized spacial score (nSPS) is 10.2. The lowest BCUT2D eigenvalue weighted by atomic mass is 10.2. The van der Waals surface area contributed by atoms with Gasteiger partial charge in [0.25, 0.3) is 5.91 Å². The monoisotopic (exact) mass is 357 g/mol. The smallest absolute Gasteiger partial charge is 0.257 e. The van der Waals surface area contributed by atoms with Crippen molar-refractivity contribution in [2.45, 2.75) is 20.0 Å². The van der Waals surface area contributed by atoms with E-state index < -0.39 is 5.97 Å². The Kier molecular flexibility index (Phi) is 6.08. The molecule has 0 aliphatic rings. The van der Waals surface area contributed by atoms with Gasteiger partial charge in [-0.25, -0.2) is 0 Å². The van der Waals surface area contributed by atoms with Gasteiger partial charge in [-0.3, -0.25) is 10.1 Å². The highest BCUT2D eigenvalue weighted by Gasteiger charge is 2.10. The second kappa shape index (κ2) is 8.25. The summed E-state index contributed by atoms with van der Waals surface area (Å²) in [5.74, 6) is -1.04. The van der Waals surface area contributed by atoms with Gasteiger partial charge in [-0.2, -0.15) is 0 Å². The van der Waals surface area contributed by atoms with Crippen molar-refractivity contribution in [1.82, 2.24) is 5.32 Å². The average molecular weight is 357 g/mol. The molecule has 0 spiro atoms. The predicted molar refractivity (Wildman–Crippen MR) is 96.7 cm³/mol. The number of carbonyl (C=O) groups excluding carboxylic acids is 2. The Morgan fingerprint density at radius 2 is 1.76 bits per heavy atom. The summed E-state index contributed by atoms with van der Waals surface area (Å²) in [7, 11) is 0. The van der Waals surface area contributed by atoms with Crippen LogP contribution in [0, 0.1) is 0 Å².